The third kappa shape index (κ3) is 6.04. The molecule has 1 aliphatic rings. The van der Waals surface area contributed by atoms with Crippen molar-refractivity contribution in [2.45, 2.75) is 38.0 Å². The standard InChI is InChI=1S/C56H43NO/c1-2-15-40(16-3-1)47-24-11-18-41-19-12-26-50(55(41)47)49-22-6-8-27-52(49)57(45-34-32-39(33-35-45)43-31-30-38-14-4-5-17-42(38)36-43)46-21-10-20-44(37-46)48-25-13-29-54-56(48)51-23-7-9-28-53(51)58-54/h4-14,17-37,40H,1-3,15-16H2. The number of hydrogen-bond acceptors (Lipinski definition) is 2. The first kappa shape index (κ1) is 34.4. The van der Waals surface area contributed by atoms with Crippen molar-refractivity contribution in [2.24, 2.45) is 0 Å². The Morgan fingerprint density at radius 2 is 1.07 bits per heavy atom. The molecule has 0 N–H and O–H groups in total. The summed E-state index contributed by atoms with van der Waals surface area (Å²) in [7, 11) is 0. The first-order valence-electron chi connectivity index (χ1n) is 20.8. The molecule has 0 radical (unpaired) electrons. The van der Waals surface area contributed by atoms with Crippen LogP contribution in [-0.4, -0.2) is 0 Å². The van der Waals surface area contributed by atoms with Crippen molar-refractivity contribution in [3.63, 3.8) is 0 Å². The van der Waals surface area contributed by atoms with Crippen LogP contribution in [0.1, 0.15) is 43.6 Å². The molecule has 1 aliphatic carbocycles. The zero-order valence-corrected chi connectivity index (χ0v) is 32.4. The van der Waals surface area contributed by atoms with E-state index in [1.165, 1.54) is 81.5 Å². The summed E-state index contributed by atoms with van der Waals surface area (Å²) in [5.74, 6) is 0.586. The summed E-state index contributed by atoms with van der Waals surface area (Å²) < 4.78 is 6.35. The van der Waals surface area contributed by atoms with E-state index in [0.29, 0.717) is 5.92 Å². The molecule has 0 bridgehead atoms. The number of anilines is 3. The average molecular weight is 746 g/mol. The molecule has 1 fully saturated rings. The quantitative estimate of drug-likeness (QED) is 0.162. The van der Waals surface area contributed by atoms with Gasteiger partial charge in [0, 0.05) is 27.7 Å². The Bertz CT molecular complexity index is 3100. The number of fused-ring (bicyclic) bond motifs is 5. The topological polar surface area (TPSA) is 16.4 Å². The molecule has 0 saturated heterocycles. The van der Waals surface area contributed by atoms with Crippen LogP contribution in [0.2, 0.25) is 0 Å². The number of rotatable bonds is 7. The minimum absolute atomic E-state index is 0.586. The van der Waals surface area contributed by atoms with Gasteiger partial charge >= 0.3 is 0 Å². The highest BCUT2D eigenvalue weighted by Gasteiger charge is 2.23. The van der Waals surface area contributed by atoms with Gasteiger partial charge in [-0.1, -0.05) is 165 Å². The van der Waals surface area contributed by atoms with Crippen molar-refractivity contribution in [2.75, 3.05) is 4.90 Å². The number of hydrogen-bond donors (Lipinski definition) is 0. The van der Waals surface area contributed by atoms with Crippen LogP contribution in [-0.2, 0) is 0 Å². The molecule has 0 spiro atoms. The van der Waals surface area contributed by atoms with E-state index < -0.39 is 0 Å². The van der Waals surface area contributed by atoms with E-state index in [2.05, 4.69) is 193 Å². The Hall–Kier alpha value is -6.90. The Morgan fingerprint density at radius 1 is 0.397 bits per heavy atom. The van der Waals surface area contributed by atoms with Crippen molar-refractivity contribution in [3.8, 4) is 33.4 Å². The molecule has 2 nitrogen and oxygen atoms in total. The van der Waals surface area contributed by atoms with Crippen LogP contribution in [0.4, 0.5) is 17.1 Å². The van der Waals surface area contributed by atoms with Gasteiger partial charge in [-0.25, -0.2) is 0 Å². The van der Waals surface area contributed by atoms with Gasteiger partial charge < -0.3 is 9.32 Å². The van der Waals surface area contributed by atoms with Crippen LogP contribution in [0, 0.1) is 0 Å². The van der Waals surface area contributed by atoms with Crippen molar-refractivity contribution < 1.29 is 4.42 Å². The molecule has 278 valence electrons. The molecule has 1 aromatic heterocycles. The van der Waals surface area contributed by atoms with Gasteiger partial charge in [0.15, 0.2) is 0 Å². The van der Waals surface area contributed by atoms with Crippen molar-refractivity contribution >= 4 is 60.5 Å². The van der Waals surface area contributed by atoms with Crippen LogP contribution in [0.3, 0.4) is 0 Å². The zero-order chi connectivity index (χ0) is 38.4. The molecule has 58 heavy (non-hydrogen) atoms. The van der Waals surface area contributed by atoms with Gasteiger partial charge in [0.1, 0.15) is 11.2 Å². The molecular formula is C56H43NO. The average Bonchev–Trinajstić information content (AvgIpc) is 3.69. The minimum Gasteiger partial charge on any atom is -0.456 e. The lowest BCUT2D eigenvalue weighted by atomic mass is 9.80. The monoisotopic (exact) mass is 745 g/mol. The van der Waals surface area contributed by atoms with E-state index in [4.69, 9.17) is 4.42 Å². The summed E-state index contributed by atoms with van der Waals surface area (Å²) in [6.45, 7) is 0. The second-order valence-corrected chi connectivity index (χ2v) is 15.9. The SMILES string of the molecule is c1cc(-c2cccc3oc4ccccc4c23)cc(N(c2ccc(-c3ccc4ccccc4c3)cc2)c2ccccc2-c2cccc3cccc(C4CCCCC4)c23)c1. The van der Waals surface area contributed by atoms with Crippen molar-refractivity contribution in [1.82, 2.24) is 0 Å². The van der Waals surface area contributed by atoms with Gasteiger partial charge in [0.25, 0.3) is 0 Å². The summed E-state index contributed by atoms with van der Waals surface area (Å²) >= 11 is 0. The van der Waals surface area contributed by atoms with E-state index >= 15 is 0 Å². The number of para-hydroxylation sites is 2. The number of nitrogens with zero attached hydrogens (tertiary/aromatic N) is 1. The number of benzene rings is 9. The van der Waals surface area contributed by atoms with Crippen LogP contribution < -0.4 is 4.90 Å². The van der Waals surface area contributed by atoms with Gasteiger partial charge in [0.2, 0.25) is 0 Å². The first-order chi connectivity index (χ1) is 28.8. The lowest BCUT2D eigenvalue weighted by Crippen LogP contribution is -2.11. The first-order valence-corrected chi connectivity index (χ1v) is 20.8. The molecule has 2 heteroatoms. The second-order valence-electron chi connectivity index (χ2n) is 15.9. The highest BCUT2D eigenvalue weighted by atomic mass is 16.3. The van der Waals surface area contributed by atoms with Gasteiger partial charge in [-0.2, -0.15) is 0 Å². The molecule has 1 heterocycles. The molecular weight excluding hydrogens is 703 g/mol. The second kappa shape index (κ2) is 14.6. The van der Waals surface area contributed by atoms with E-state index in [1.807, 2.05) is 6.07 Å². The third-order valence-corrected chi connectivity index (χ3v) is 12.4. The van der Waals surface area contributed by atoms with Crippen LogP contribution in [0.15, 0.2) is 199 Å². The summed E-state index contributed by atoms with van der Waals surface area (Å²) in [6.07, 6.45) is 6.48. The minimum atomic E-state index is 0.586. The summed E-state index contributed by atoms with van der Waals surface area (Å²) in [4.78, 5) is 2.46. The Labute approximate surface area is 339 Å². The highest BCUT2D eigenvalue weighted by Crippen LogP contribution is 2.47. The molecule has 11 rings (SSSR count). The lowest BCUT2D eigenvalue weighted by Gasteiger charge is -2.29. The zero-order valence-electron chi connectivity index (χ0n) is 32.4. The fourth-order valence-electron chi connectivity index (χ4n) is 9.67. The molecule has 1 saturated carbocycles. The Balaban J connectivity index is 1.10. The maximum Gasteiger partial charge on any atom is 0.136 e. The maximum atomic E-state index is 6.35. The number of furan rings is 1. The molecule has 0 aliphatic heterocycles. The normalized spacial score (nSPS) is 13.4. The summed E-state index contributed by atoms with van der Waals surface area (Å²) in [5.41, 5.74) is 13.9. The Kier molecular flexibility index (Phi) is 8.62. The fourth-order valence-corrected chi connectivity index (χ4v) is 9.67. The molecule has 0 unspecified atom stereocenters. The van der Waals surface area contributed by atoms with Crippen molar-refractivity contribution in [3.05, 3.63) is 200 Å². The molecule has 0 atom stereocenters. The third-order valence-electron chi connectivity index (χ3n) is 12.4. The molecule has 0 amide bonds. The molecule has 10 aromatic rings. The summed E-state index contributed by atoms with van der Waals surface area (Å²) in [6, 6.07) is 71.1. The fraction of sp³-hybridized carbons (Fsp3) is 0.107. The van der Waals surface area contributed by atoms with E-state index in [-0.39, 0.29) is 0 Å². The van der Waals surface area contributed by atoms with Gasteiger partial charge in [-0.15, -0.1) is 0 Å². The summed E-state index contributed by atoms with van der Waals surface area (Å²) in [5, 5.41) is 7.49. The van der Waals surface area contributed by atoms with Gasteiger partial charge in [-0.3, -0.25) is 0 Å². The van der Waals surface area contributed by atoms with Gasteiger partial charge in [-0.05, 0) is 122 Å². The van der Waals surface area contributed by atoms with Gasteiger partial charge in [0.05, 0.1) is 5.69 Å². The predicted octanol–water partition coefficient (Wildman–Crippen LogP) is 16.4. The smallest absolute Gasteiger partial charge is 0.136 e. The van der Waals surface area contributed by atoms with E-state index in [9.17, 15) is 0 Å². The van der Waals surface area contributed by atoms with E-state index in [0.717, 1.165) is 50.1 Å². The van der Waals surface area contributed by atoms with E-state index in [1.54, 1.807) is 0 Å². The van der Waals surface area contributed by atoms with Crippen LogP contribution in [0.5, 0.6) is 0 Å². The predicted molar refractivity (Wildman–Crippen MR) is 246 cm³/mol. The van der Waals surface area contributed by atoms with Crippen LogP contribution in [0.25, 0.3) is 76.9 Å². The highest BCUT2D eigenvalue weighted by molar-refractivity contribution is 6.12. The lowest BCUT2D eigenvalue weighted by molar-refractivity contribution is 0.445. The molecule has 9 aromatic carbocycles. The Morgan fingerprint density at radius 3 is 1.97 bits per heavy atom. The van der Waals surface area contributed by atoms with Crippen LogP contribution >= 0.6 is 0 Å². The van der Waals surface area contributed by atoms with Crippen molar-refractivity contribution in [1.29, 1.82) is 0 Å². The maximum absolute atomic E-state index is 6.35. The largest absolute Gasteiger partial charge is 0.456 e.